The zero-order chi connectivity index (χ0) is 20.3. The minimum atomic E-state index is -0.945. The van der Waals surface area contributed by atoms with Crippen LogP contribution in [0.2, 0.25) is 0 Å². The third kappa shape index (κ3) is 4.95. The van der Waals surface area contributed by atoms with Gasteiger partial charge in [0.15, 0.2) is 5.69 Å². The molecular weight excluding hydrogens is 374 g/mol. The van der Waals surface area contributed by atoms with Gasteiger partial charge in [-0.3, -0.25) is 9.59 Å². The normalized spacial score (nSPS) is 23.3. The van der Waals surface area contributed by atoms with Crippen LogP contribution < -0.4 is 5.32 Å². The van der Waals surface area contributed by atoms with E-state index in [4.69, 9.17) is 4.74 Å². The van der Waals surface area contributed by atoms with Crippen LogP contribution in [0.25, 0.3) is 0 Å². The summed E-state index contributed by atoms with van der Waals surface area (Å²) < 4.78 is 6.88. The number of hydrogen-bond donors (Lipinski definition) is 2. The van der Waals surface area contributed by atoms with Crippen LogP contribution in [0.5, 0.6) is 0 Å². The van der Waals surface area contributed by atoms with Gasteiger partial charge in [-0.05, 0) is 38.5 Å². The molecule has 2 aliphatic heterocycles. The number of aliphatic hydroxyl groups is 1. The van der Waals surface area contributed by atoms with Crippen molar-refractivity contribution >= 4 is 11.8 Å². The Labute approximate surface area is 170 Å². The summed E-state index contributed by atoms with van der Waals surface area (Å²) in [5, 5.41) is 22.0. The minimum Gasteiger partial charge on any atom is -0.388 e. The molecule has 160 valence electrons. The number of aromatic nitrogens is 3. The third-order valence-electron chi connectivity index (χ3n) is 6.49. The van der Waals surface area contributed by atoms with Crippen LogP contribution in [0, 0.1) is 5.92 Å². The van der Waals surface area contributed by atoms with E-state index >= 15 is 0 Å². The standard InChI is InChI=1S/C20H31N5O4/c26-18(21-16-3-1-2-4-16)17-13-25(23-22-17)14-20(28)7-9-24(10-8-20)19(27)15-5-11-29-12-6-15/h13,15-16,28H,1-12,14H2,(H,21,26). The zero-order valence-electron chi connectivity index (χ0n) is 16.9. The summed E-state index contributed by atoms with van der Waals surface area (Å²) in [6.45, 7) is 2.65. The molecule has 29 heavy (non-hydrogen) atoms. The number of nitrogens with one attached hydrogen (secondary N) is 1. The molecule has 2 amide bonds. The van der Waals surface area contributed by atoms with Crippen molar-refractivity contribution in [2.75, 3.05) is 26.3 Å². The second-order valence-corrected chi connectivity index (χ2v) is 8.69. The second kappa shape index (κ2) is 8.79. The smallest absolute Gasteiger partial charge is 0.273 e. The fourth-order valence-electron chi connectivity index (χ4n) is 4.61. The molecule has 1 aromatic heterocycles. The van der Waals surface area contributed by atoms with Crippen molar-refractivity contribution < 1.29 is 19.4 Å². The van der Waals surface area contributed by atoms with Crippen LogP contribution in [0.4, 0.5) is 0 Å². The van der Waals surface area contributed by atoms with E-state index in [1.807, 2.05) is 4.90 Å². The molecule has 0 bridgehead atoms. The molecule has 9 nitrogen and oxygen atoms in total. The van der Waals surface area contributed by atoms with Crippen molar-refractivity contribution in [3.8, 4) is 0 Å². The van der Waals surface area contributed by atoms with Gasteiger partial charge in [0.05, 0.1) is 18.3 Å². The lowest BCUT2D eigenvalue weighted by Crippen LogP contribution is -2.50. The van der Waals surface area contributed by atoms with E-state index in [1.54, 1.807) is 10.9 Å². The largest absolute Gasteiger partial charge is 0.388 e. The predicted molar refractivity (Wildman–Crippen MR) is 104 cm³/mol. The second-order valence-electron chi connectivity index (χ2n) is 8.69. The summed E-state index contributed by atoms with van der Waals surface area (Å²) >= 11 is 0. The molecule has 0 spiro atoms. The molecule has 1 aromatic rings. The van der Waals surface area contributed by atoms with Crippen LogP contribution in [-0.2, 0) is 16.1 Å². The summed E-state index contributed by atoms with van der Waals surface area (Å²) in [4.78, 5) is 26.8. The van der Waals surface area contributed by atoms with E-state index in [9.17, 15) is 14.7 Å². The average Bonchev–Trinajstić information content (AvgIpc) is 3.41. The fourth-order valence-corrected chi connectivity index (χ4v) is 4.61. The van der Waals surface area contributed by atoms with Crippen LogP contribution in [0.15, 0.2) is 6.20 Å². The molecule has 9 heteroatoms. The zero-order valence-corrected chi connectivity index (χ0v) is 16.9. The van der Waals surface area contributed by atoms with Gasteiger partial charge in [0.25, 0.3) is 5.91 Å². The third-order valence-corrected chi connectivity index (χ3v) is 6.49. The van der Waals surface area contributed by atoms with Gasteiger partial charge in [-0.25, -0.2) is 4.68 Å². The Morgan fingerprint density at radius 2 is 1.86 bits per heavy atom. The summed E-state index contributed by atoms with van der Waals surface area (Å²) in [5.41, 5.74) is -0.660. The Bertz CT molecular complexity index is 716. The van der Waals surface area contributed by atoms with E-state index in [1.165, 1.54) is 0 Å². The Morgan fingerprint density at radius 3 is 2.55 bits per heavy atom. The Balaban J connectivity index is 1.28. The Hall–Kier alpha value is -2.00. The SMILES string of the molecule is O=C(NC1CCCC1)c1cn(CC2(O)CCN(C(=O)C3CCOCC3)CC2)nn1. The van der Waals surface area contributed by atoms with Gasteiger partial charge in [0.2, 0.25) is 5.91 Å². The van der Waals surface area contributed by atoms with Crippen molar-refractivity contribution in [3.63, 3.8) is 0 Å². The predicted octanol–water partition coefficient (Wildman–Crippen LogP) is 0.731. The Kier molecular flexibility index (Phi) is 6.15. The lowest BCUT2D eigenvalue weighted by molar-refractivity contribution is -0.143. The monoisotopic (exact) mass is 405 g/mol. The fraction of sp³-hybridized carbons (Fsp3) is 0.800. The highest BCUT2D eigenvalue weighted by atomic mass is 16.5. The number of hydrogen-bond acceptors (Lipinski definition) is 6. The van der Waals surface area contributed by atoms with Crippen LogP contribution in [0.1, 0.15) is 61.9 Å². The van der Waals surface area contributed by atoms with Crippen molar-refractivity contribution in [2.45, 2.75) is 69.6 Å². The van der Waals surface area contributed by atoms with Gasteiger partial charge in [-0.15, -0.1) is 5.10 Å². The molecule has 3 fully saturated rings. The molecule has 3 heterocycles. The van der Waals surface area contributed by atoms with Crippen LogP contribution >= 0.6 is 0 Å². The summed E-state index contributed by atoms with van der Waals surface area (Å²) in [5.74, 6) is 0.0280. The molecule has 4 rings (SSSR count). The van der Waals surface area contributed by atoms with Crippen molar-refractivity contribution in [1.29, 1.82) is 0 Å². The van der Waals surface area contributed by atoms with Gasteiger partial charge >= 0.3 is 0 Å². The molecule has 1 saturated carbocycles. The molecular formula is C20H31N5O4. The summed E-state index contributed by atoms with van der Waals surface area (Å²) in [6.07, 6.45) is 8.48. The first-order chi connectivity index (χ1) is 14.0. The maximum atomic E-state index is 12.7. The molecule has 3 aliphatic rings. The summed E-state index contributed by atoms with van der Waals surface area (Å²) in [7, 11) is 0. The lowest BCUT2D eigenvalue weighted by Gasteiger charge is -2.39. The molecule has 2 saturated heterocycles. The molecule has 0 radical (unpaired) electrons. The minimum absolute atomic E-state index is 0.0474. The maximum Gasteiger partial charge on any atom is 0.273 e. The maximum absolute atomic E-state index is 12.7. The number of nitrogens with zero attached hydrogens (tertiary/aromatic N) is 4. The number of carbonyl (C=O) groups excluding carboxylic acids is 2. The topological polar surface area (TPSA) is 110 Å². The molecule has 2 N–H and O–H groups in total. The quantitative estimate of drug-likeness (QED) is 0.747. The number of ether oxygens (including phenoxy) is 1. The Morgan fingerprint density at radius 1 is 1.17 bits per heavy atom. The van der Waals surface area contributed by atoms with E-state index < -0.39 is 5.60 Å². The molecule has 0 aromatic carbocycles. The lowest BCUT2D eigenvalue weighted by atomic mass is 9.89. The molecule has 0 unspecified atom stereocenters. The number of piperidine rings is 1. The van der Waals surface area contributed by atoms with E-state index in [0.717, 1.165) is 38.5 Å². The highest BCUT2D eigenvalue weighted by molar-refractivity contribution is 5.92. The number of amides is 2. The van der Waals surface area contributed by atoms with Gasteiger partial charge < -0.3 is 20.1 Å². The van der Waals surface area contributed by atoms with Gasteiger partial charge in [0.1, 0.15) is 0 Å². The van der Waals surface area contributed by atoms with Crippen molar-refractivity contribution in [1.82, 2.24) is 25.2 Å². The number of carbonyl (C=O) groups is 2. The number of likely N-dealkylation sites (tertiary alicyclic amines) is 1. The van der Waals surface area contributed by atoms with Gasteiger partial charge in [-0.1, -0.05) is 18.1 Å². The molecule has 0 atom stereocenters. The number of rotatable bonds is 5. The van der Waals surface area contributed by atoms with E-state index in [-0.39, 0.29) is 36.0 Å². The summed E-state index contributed by atoms with van der Waals surface area (Å²) in [6, 6.07) is 0.231. The van der Waals surface area contributed by atoms with Crippen molar-refractivity contribution in [2.24, 2.45) is 5.92 Å². The average molecular weight is 405 g/mol. The van der Waals surface area contributed by atoms with Crippen molar-refractivity contribution in [3.05, 3.63) is 11.9 Å². The van der Waals surface area contributed by atoms with E-state index in [0.29, 0.717) is 39.1 Å². The van der Waals surface area contributed by atoms with Gasteiger partial charge in [0, 0.05) is 38.3 Å². The highest BCUT2D eigenvalue weighted by Crippen LogP contribution is 2.27. The van der Waals surface area contributed by atoms with Crippen LogP contribution in [0.3, 0.4) is 0 Å². The first-order valence-corrected chi connectivity index (χ1v) is 10.8. The van der Waals surface area contributed by atoms with E-state index in [2.05, 4.69) is 15.6 Å². The van der Waals surface area contributed by atoms with Crippen LogP contribution in [-0.4, -0.2) is 74.8 Å². The first-order valence-electron chi connectivity index (χ1n) is 10.8. The van der Waals surface area contributed by atoms with Gasteiger partial charge in [-0.2, -0.15) is 0 Å². The molecule has 1 aliphatic carbocycles. The highest BCUT2D eigenvalue weighted by Gasteiger charge is 2.37. The first kappa shape index (κ1) is 20.3.